The quantitative estimate of drug-likeness (QED) is 0.742. The van der Waals surface area contributed by atoms with Gasteiger partial charge in [-0.05, 0) is 30.4 Å². The highest BCUT2D eigenvalue weighted by molar-refractivity contribution is 7.80. The molecule has 5 nitrogen and oxygen atoms in total. The van der Waals surface area contributed by atoms with Crippen LogP contribution in [0.4, 0.5) is 5.69 Å². The number of amides is 2. The number of fused-ring (bicyclic) bond motifs is 1. The van der Waals surface area contributed by atoms with Gasteiger partial charge < -0.3 is 10.6 Å². The molecule has 2 aromatic carbocycles. The van der Waals surface area contributed by atoms with Gasteiger partial charge in [-0.2, -0.15) is 0 Å². The van der Waals surface area contributed by atoms with Crippen LogP contribution in [0.1, 0.15) is 22.0 Å². The number of anilines is 1. The van der Waals surface area contributed by atoms with Gasteiger partial charge >= 0.3 is 0 Å². The molecule has 0 spiro atoms. The van der Waals surface area contributed by atoms with Gasteiger partial charge in [0.15, 0.2) is 5.11 Å². The normalized spacial score (nSPS) is 15.6. The number of hydrogen-bond donors (Lipinski definition) is 3. The van der Waals surface area contributed by atoms with E-state index in [9.17, 15) is 9.59 Å². The van der Waals surface area contributed by atoms with Crippen molar-refractivity contribution in [2.45, 2.75) is 6.04 Å². The molecule has 0 aromatic heterocycles. The summed E-state index contributed by atoms with van der Waals surface area (Å²) >= 11 is 5.13. The molecule has 110 valence electrons. The third kappa shape index (κ3) is 2.82. The number of rotatable bonds is 2. The van der Waals surface area contributed by atoms with E-state index in [1.165, 1.54) is 0 Å². The number of carbonyl (C=O) groups is 2. The SMILES string of the molecule is O=C(NC(=S)NC1C(=O)Nc2ccccc21)c1ccccc1. The summed E-state index contributed by atoms with van der Waals surface area (Å²) in [4.78, 5) is 24.0. The number of carbonyl (C=O) groups excluding carboxylic acids is 2. The van der Waals surface area contributed by atoms with Crippen molar-refractivity contribution in [3.05, 3.63) is 65.7 Å². The van der Waals surface area contributed by atoms with Gasteiger partial charge in [0.1, 0.15) is 6.04 Å². The Balaban J connectivity index is 1.68. The number of benzene rings is 2. The maximum absolute atomic E-state index is 12.0. The Kier molecular flexibility index (Phi) is 3.84. The molecule has 0 radical (unpaired) electrons. The molecule has 22 heavy (non-hydrogen) atoms. The van der Waals surface area contributed by atoms with Crippen molar-refractivity contribution in [1.29, 1.82) is 0 Å². The predicted molar refractivity (Wildman–Crippen MR) is 87.5 cm³/mol. The van der Waals surface area contributed by atoms with E-state index in [0.29, 0.717) is 5.56 Å². The molecular weight excluding hydrogens is 298 g/mol. The highest BCUT2D eigenvalue weighted by atomic mass is 32.1. The molecule has 3 rings (SSSR count). The van der Waals surface area contributed by atoms with Crippen LogP contribution in [-0.4, -0.2) is 16.9 Å². The maximum atomic E-state index is 12.0. The summed E-state index contributed by atoms with van der Waals surface area (Å²) in [7, 11) is 0. The summed E-state index contributed by atoms with van der Waals surface area (Å²) in [6.07, 6.45) is 0. The molecule has 0 saturated carbocycles. The summed E-state index contributed by atoms with van der Waals surface area (Å²) in [5.74, 6) is -0.512. The van der Waals surface area contributed by atoms with Crippen molar-refractivity contribution < 1.29 is 9.59 Å². The minimum absolute atomic E-state index is 0.116. The molecule has 2 amide bonds. The van der Waals surface area contributed by atoms with Crippen LogP contribution in [0.2, 0.25) is 0 Å². The Morgan fingerprint density at radius 1 is 1.05 bits per heavy atom. The first-order valence-corrected chi connectivity index (χ1v) is 7.12. The molecule has 2 aromatic rings. The molecule has 1 aliphatic heterocycles. The highest BCUT2D eigenvalue weighted by Gasteiger charge is 2.30. The Morgan fingerprint density at radius 2 is 1.73 bits per heavy atom. The second-order valence-corrected chi connectivity index (χ2v) is 5.21. The van der Waals surface area contributed by atoms with E-state index < -0.39 is 6.04 Å². The van der Waals surface area contributed by atoms with Crippen molar-refractivity contribution in [2.24, 2.45) is 0 Å². The van der Waals surface area contributed by atoms with E-state index in [4.69, 9.17) is 12.2 Å². The molecule has 0 aliphatic carbocycles. The monoisotopic (exact) mass is 311 g/mol. The summed E-state index contributed by atoms with van der Waals surface area (Å²) in [5, 5.41) is 8.33. The molecular formula is C16H13N3O2S. The summed E-state index contributed by atoms with van der Waals surface area (Å²) < 4.78 is 0. The summed E-state index contributed by atoms with van der Waals surface area (Å²) in [5.41, 5.74) is 2.06. The first kappa shape index (κ1) is 14.2. The van der Waals surface area contributed by atoms with Gasteiger partial charge in [-0.25, -0.2) is 0 Å². The van der Waals surface area contributed by atoms with Gasteiger partial charge in [0.25, 0.3) is 11.8 Å². The van der Waals surface area contributed by atoms with Gasteiger partial charge in [-0.3, -0.25) is 14.9 Å². The molecule has 0 fully saturated rings. The molecule has 1 aliphatic rings. The lowest BCUT2D eigenvalue weighted by atomic mass is 10.1. The molecule has 0 bridgehead atoms. The van der Waals surface area contributed by atoms with Crippen molar-refractivity contribution >= 4 is 34.8 Å². The number of thiocarbonyl (C=S) groups is 1. The highest BCUT2D eigenvalue weighted by Crippen LogP contribution is 2.29. The van der Waals surface area contributed by atoms with Crippen molar-refractivity contribution in [1.82, 2.24) is 10.6 Å². The van der Waals surface area contributed by atoms with Crippen molar-refractivity contribution in [3.63, 3.8) is 0 Å². The zero-order valence-corrected chi connectivity index (χ0v) is 12.3. The summed E-state index contributed by atoms with van der Waals surface area (Å²) in [6, 6.07) is 15.5. The van der Waals surface area contributed by atoms with Gasteiger partial charge in [-0.1, -0.05) is 36.4 Å². The number of para-hydroxylation sites is 1. The molecule has 0 saturated heterocycles. The van der Waals surface area contributed by atoms with Crippen LogP contribution in [0, 0.1) is 0 Å². The number of hydrogen-bond acceptors (Lipinski definition) is 3. The minimum atomic E-state index is -0.597. The van der Waals surface area contributed by atoms with Crippen molar-refractivity contribution in [2.75, 3.05) is 5.32 Å². The predicted octanol–water partition coefficient (Wildman–Crippen LogP) is 1.98. The Hall–Kier alpha value is -2.73. The van der Waals surface area contributed by atoms with E-state index >= 15 is 0 Å². The zero-order valence-electron chi connectivity index (χ0n) is 11.5. The van der Waals surface area contributed by atoms with Crippen LogP contribution in [0.25, 0.3) is 0 Å². The van der Waals surface area contributed by atoms with E-state index in [0.717, 1.165) is 11.3 Å². The van der Waals surface area contributed by atoms with Crippen LogP contribution < -0.4 is 16.0 Å². The average molecular weight is 311 g/mol. The van der Waals surface area contributed by atoms with Gasteiger partial charge in [0.05, 0.1) is 0 Å². The first-order chi connectivity index (χ1) is 10.6. The van der Waals surface area contributed by atoms with Gasteiger partial charge in [0.2, 0.25) is 0 Å². The molecule has 3 N–H and O–H groups in total. The fraction of sp³-hybridized carbons (Fsp3) is 0.0625. The Morgan fingerprint density at radius 3 is 2.50 bits per heavy atom. The molecule has 1 atom stereocenters. The third-order valence-corrected chi connectivity index (χ3v) is 3.55. The lowest BCUT2D eigenvalue weighted by Gasteiger charge is -2.14. The number of nitrogens with one attached hydrogen (secondary N) is 3. The lowest BCUT2D eigenvalue weighted by molar-refractivity contribution is -0.117. The lowest BCUT2D eigenvalue weighted by Crippen LogP contribution is -2.42. The first-order valence-electron chi connectivity index (χ1n) is 6.72. The zero-order chi connectivity index (χ0) is 15.5. The third-order valence-electron chi connectivity index (χ3n) is 3.33. The second kappa shape index (κ2) is 5.95. The average Bonchev–Trinajstić information content (AvgIpc) is 2.84. The Bertz CT molecular complexity index is 746. The van der Waals surface area contributed by atoms with Crippen LogP contribution in [-0.2, 0) is 4.79 Å². The topological polar surface area (TPSA) is 70.2 Å². The van der Waals surface area contributed by atoms with E-state index in [2.05, 4.69) is 16.0 Å². The smallest absolute Gasteiger partial charge is 0.257 e. The second-order valence-electron chi connectivity index (χ2n) is 4.80. The maximum Gasteiger partial charge on any atom is 0.257 e. The standard InChI is InChI=1S/C16H13N3O2S/c20-14(10-6-2-1-3-7-10)19-16(22)18-13-11-8-4-5-9-12(11)17-15(13)21/h1-9,13H,(H,17,21)(H2,18,19,20,22). The van der Waals surface area contributed by atoms with Crippen LogP contribution >= 0.6 is 12.2 Å². The molecule has 1 unspecified atom stereocenters. The minimum Gasteiger partial charge on any atom is -0.347 e. The molecule has 1 heterocycles. The van der Waals surface area contributed by atoms with Crippen molar-refractivity contribution in [3.8, 4) is 0 Å². The van der Waals surface area contributed by atoms with Crippen LogP contribution in [0.15, 0.2) is 54.6 Å². The van der Waals surface area contributed by atoms with Gasteiger partial charge in [-0.15, -0.1) is 0 Å². The fourth-order valence-corrected chi connectivity index (χ4v) is 2.49. The van der Waals surface area contributed by atoms with Crippen LogP contribution in [0.3, 0.4) is 0 Å². The molecule has 6 heteroatoms. The summed E-state index contributed by atoms with van der Waals surface area (Å²) in [6.45, 7) is 0. The van der Waals surface area contributed by atoms with E-state index in [1.807, 2.05) is 30.3 Å². The fourth-order valence-electron chi connectivity index (χ4n) is 2.28. The van der Waals surface area contributed by atoms with Gasteiger partial charge in [0, 0.05) is 16.8 Å². The van der Waals surface area contributed by atoms with E-state index in [1.54, 1.807) is 24.3 Å². The van der Waals surface area contributed by atoms with E-state index in [-0.39, 0.29) is 16.9 Å². The Labute approximate surface area is 132 Å². The van der Waals surface area contributed by atoms with Crippen LogP contribution in [0.5, 0.6) is 0 Å². The largest absolute Gasteiger partial charge is 0.347 e.